The summed E-state index contributed by atoms with van der Waals surface area (Å²) in [6.07, 6.45) is 8.95. The Bertz CT molecular complexity index is 946. The largest absolute Gasteiger partial charge is 0.481 e. The van der Waals surface area contributed by atoms with Crippen LogP contribution in [0.1, 0.15) is 37.7 Å². The van der Waals surface area contributed by atoms with Gasteiger partial charge in [0.1, 0.15) is 12.1 Å². The fourth-order valence-corrected chi connectivity index (χ4v) is 3.73. The van der Waals surface area contributed by atoms with Crippen LogP contribution in [0.3, 0.4) is 0 Å². The number of imidazole rings is 1. The highest BCUT2D eigenvalue weighted by Gasteiger charge is 2.24. The first-order chi connectivity index (χ1) is 13.5. The lowest BCUT2D eigenvalue weighted by Crippen LogP contribution is -2.23. The SMILES string of the molecule is Cc1c(-n2ccnc2)n(CCCCCCC(C(=O)O)C(=O)O)c2ccccc12. The zero-order valence-corrected chi connectivity index (χ0v) is 15.9. The van der Waals surface area contributed by atoms with Crippen molar-refractivity contribution in [2.75, 3.05) is 0 Å². The lowest BCUT2D eigenvalue weighted by atomic mass is 10.0. The van der Waals surface area contributed by atoms with Gasteiger partial charge in [0.15, 0.2) is 5.92 Å². The Kier molecular flexibility index (Phi) is 6.13. The van der Waals surface area contributed by atoms with Gasteiger partial charge in [0.25, 0.3) is 0 Å². The number of rotatable bonds is 10. The van der Waals surface area contributed by atoms with E-state index in [0.29, 0.717) is 6.42 Å². The Balaban J connectivity index is 1.64. The molecule has 0 saturated heterocycles. The van der Waals surface area contributed by atoms with Gasteiger partial charge in [-0.1, -0.05) is 37.5 Å². The molecule has 0 aliphatic rings. The molecule has 0 aliphatic heterocycles. The van der Waals surface area contributed by atoms with Crippen molar-refractivity contribution in [1.82, 2.24) is 14.1 Å². The molecule has 28 heavy (non-hydrogen) atoms. The Morgan fingerprint density at radius 1 is 1.07 bits per heavy atom. The van der Waals surface area contributed by atoms with Gasteiger partial charge in [-0.05, 0) is 31.4 Å². The standard InChI is InChI=1S/C21H25N3O4/c1-15-16-8-5-6-10-18(16)24(19(15)23-13-11-22-14-23)12-7-3-2-4-9-17(20(25)26)21(27)28/h5-6,8,10-11,13-14,17H,2-4,7,9,12H2,1H3,(H,25,26)(H,27,28). The summed E-state index contributed by atoms with van der Waals surface area (Å²) in [7, 11) is 0. The molecule has 7 nitrogen and oxygen atoms in total. The number of nitrogens with zero attached hydrogens (tertiary/aromatic N) is 3. The molecule has 7 heteroatoms. The van der Waals surface area contributed by atoms with Gasteiger partial charge in [0, 0.05) is 29.8 Å². The van der Waals surface area contributed by atoms with Crippen LogP contribution in [0.2, 0.25) is 0 Å². The molecule has 3 aromatic rings. The van der Waals surface area contributed by atoms with Gasteiger partial charge in [0.2, 0.25) is 0 Å². The van der Waals surface area contributed by atoms with Gasteiger partial charge in [-0.15, -0.1) is 0 Å². The molecule has 2 aromatic heterocycles. The van der Waals surface area contributed by atoms with Crippen molar-refractivity contribution in [2.45, 2.75) is 45.6 Å². The summed E-state index contributed by atoms with van der Waals surface area (Å²) < 4.78 is 4.32. The Labute approximate surface area is 163 Å². The summed E-state index contributed by atoms with van der Waals surface area (Å²) in [4.78, 5) is 26.0. The Hall–Kier alpha value is -3.09. The number of aromatic nitrogens is 3. The maximum atomic E-state index is 10.9. The van der Waals surface area contributed by atoms with Crippen LogP contribution >= 0.6 is 0 Å². The molecule has 0 amide bonds. The molecule has 148 valence electrons. The van der Waals surface area contributed by atoms with E-state index in [2.05, 4.69) is 28.6 Å². The summed E-state index contributed by atoms with van der Waals surface area (Å²) in [5.74, 6) is -2.71. The molecule has 0 aliphatic carbocycles. The van der Waals surface area contributed by atoms with E-state index in [-0.39, 0.29) is 6.42 Å². The third-order valence-corrected chi connectivity index (χ3v) is 5.16. The summed E-state index contributed by atoms with van der Waals surface area (Å²) in [5.41, 5.74) is 2.39. The molecule has 0 atom stereocenters. The van der Waals surface area contributed by atoms with E-state index in [0.717, 1.165) is 31.6 Å². The molecule has 0 spiro atoms. The zero-order valence-electron chi connectivity index (χ0n) is 15.9. The molecule has 0 saturated carbocycles. The minimum Gasteiger partial charge on any atom is -0.481 e. The number of benzene rings is 1. The van der Waals surface area contributed by atoms with Crippen molar-refractivity contribution in [2.24, 2.45) is 5.92 Å². The average molecular weight is 383 g/mol. The van der Waals surface area contributed by atoms with Crippen LogP contribution in [0.25, 0.3) is 16.7 Å². The van der Waals surface area contributed by atoms with E-state index < -0.39 is 17.9 Å². The van der Waals surface area contributed by atoms with Gasteiger partial charge in [-0.3, -0.25) is 14.2 Å². The lowest BCUT2D eigenvalue weighted by molar-refractivity contribution is -0.154. The number of aryl methyl sites for hydroxylation is 2. The molecule has 0 unspecified atom stereocenters. The molecule has 1 aromatic carbocycles. The van der Waals surface area contributed by atoms with Crippen LogP contribution in [-0.4, -0.2) is 36.3 Å². The lowest BCUT2D eigenvalue weighted by Gasteiger charge is -2.12. The Morgan fingerprint density at radius 3 is 2.46 bits per heavy atom. The van der Waals surface area contributed by atoms with Crippen LogP contribution in [0, 0.1) is 12.8 Å². The number of aliphatic carboxylic acids is 2. The second kappa shape index (κ2) is 8.73. The minimum atomic E-state index is -1.30. The van der Waals surface area contributed by atoms with Crippen LogP contribution < -0.4 is 0 Å². The van der Waals surface area contributed by atoms with Crippen molar-refractivity contribution >= 4 is 22.8 Å². The molecular formula is C21H25N3O4. The van der Waals surface area contributed by atoms with Crippen molar-refractivity contribution in [3.05, 3.63) is 48.5 Å². The van der Waals surface area contributed by atoms with Gasteiger partial charge in [-0.25, -0.2) is 4.98 Å². The third kappa shape index (κ3) is 4.08. The summed E-state index contributed by atoms with van der Waals surface area (Å²) in [5, 5.41) is 19.1. The van der Waals surface area contributed by atoms with Crippen LogP contribution in [0.5, 0.6) is 0 Å². The molecule has 3 rings (SSSR count). The number of hydrogen-bond donors (Lipinski definition) is 2. The number of carbonyl (C=O) groups is 2. The van der Waals surface area contributed by atoms with Crippen LogP contribution in [0.15, 0.2) is 43.0 Å². The van der Waals surface area contributed by atoms with Crippen molar-refractivity contribution < 1.29 is 19.8 Å². The molecule has 0 fully saturated rings. The molecule has 0 radical (unpaired) electrons. The van der Waals surface area contributed by atoms with Crippen molar-refractivity contribution in [3.8, 4) is 5.82 Å². The van der Waals surface area contributed by atoms with Crippen molar-refractivity contribution in [1.29, 1.82) is 0 Å². The van der Waals surface area contributed by atoms with Gasteiger partial charge < -0.3 is 14.8 Å². The van der Waals surface area contributed by atoms with Gasteiger partial charge in [-0.2, -0.15) is 0 Å². The number of para-hydroxylation sites is 1. The monoisotopic (exact) mass is 383 g/mol. The predicted octanol–water partition coefficient (Wildman–Crippen LogP) is 3.87. The average Bonchev–Trinajstić information content (AvgIpc) is 3.27. The molecular weight excluding hydrogens is 358 g/mol. The Morgan fingerprint density at radius 2 is 1.79 bits per heavy atom. The van der Waals surface area contributed by atoms with E-state index in [1.54, 1.807) is 12.5 Å². The van der Waals surface area contributed by atoms with E-state index in [9.17, 15) is 9.59 Å². The van der Waals surface area contributed by atoms with Gasteiger partial charge in [0.05, 0.1) is 0 Å². The topological polar surface area (TPSA) is 97.4 Å². The van der Waals surface area contributed by atoms with E-state index in [1.807, 2.05) is 22.9 Å². The first-order valence-corrected chi connectivity index (χ1v) is 9.52. The fraction of sp³-hybridized carbons (Fsp3) is 0.381. The number of carboxylic acid groups (broad SMARTS) is 2. The number of fused-ring (bicyclic) bond motifs is 1. The first kappa shape index (κ1) is 19.7. The fourth-order valence-electron chi connectivity index (χ4n) is 3.73. The smallest absolute Gasteiger partial charge is 0.317 e. The highest BCUT2D eigenvalue weighted by Crippen LogP contribution is 2.29. The second-order valence-corrected chi connectivity index (χ2v) is 7.02. The summed E-state index contributed by atoms with van der Waals surface area (Å²) in [6, 6.07) is 8.32. The third-order valence-electron chi connectivity index (χ3n) is 5.16. The van der Waals surface area contributed by atoms with Crippen LogP contribution in [-0.2, 0) is 16.1 Å². The maximum absolute atomic E-state index is 10.9. The van der Waals surface area contributed by atoms with E-state index >= 15 is 0 Å². The van der Waals surface area contributed by atoms with E-state index in [4.69, 9.17) is 10.2 Å². The molecule has 0 bridgehead atoms. The zero-order chi connectivity index (χ0) is 20.1. The number of carboxylic acids is 2. The van der Waals surface area contributed by atoms with Crippen molar-refractivity contribution in [3.63, 3.8) is 0 Å². The highest BCUT2D eigenvalue weighted by molar-refractivity contribution is 5.92. The summed E-state index contributed by atoms with van der Waals surface area (Å²) in [6.45, 7) is 2.95. The minimum absolute atomic E-state index is 0.177. The number of hydrogen-bond acceptors (Lipinski definition) is 3. The normalized spacial score (nSPS) is 11.4. The maximum Gasteiger partial charge on any atom is 0.317 e. The first-order valence-electron chi connectivity index (χ1n) is 9.52. The predicted molar refractivity (Wildman–Crippen MR) is 106 cm³/mol. The van der Waals surface area contributed by atoms with Gasteiger partial charge >= 0.3 is 11.9 Å². The van der Waals surface area contributed by atoms with E-state index in [1.165, 1.54) is 16.5 Å². The summed E-state index contributed by atoms with van der Waals surface area (Å²) >= 11 is 0. The number of unbranched alkanes of at least 4 members (excludes halogenated alkanes) is 3. The molecule has 2 heterocycles. The highest BCUT2D eigenvalue weighted by atomic mass is 16.4. The second-order valence-electron chi connectivity index (χ2n) is 7.02. The quantitative estimate of drug-likeness (QED) is 0.409. The van der Waals surface area contributed by atoms with Crippen LogP contribution in [0.4, 0.5) is 0 Å². The molecule has 2 N–H and O–H groups in total.